The zero-order chi connectivity index (χ0) is 22.2. The summed E-state index contributed by atoms with van der Waals surface area (Å²) in [6.45, 7) is 0.104. The minimum atomic E-state index is -5.02. The molecule has 1 aromatic heterocycles. The van der Waals surface area contributed by atoms with E-state index in [2.05, 4.69) is 10.2 Å². The van der Waals surface area contributed by atoms with Crippen LogP contribution in [0.1, 0.15) is 31.6 Å². The van der Waals surface area contributed by atoms with Crippen LogP contribution in [-0.2, 0) is 16.1 Å². The van der Waals surface area contributed by atoms with Crippen LogP contribution < -0.4 is 4.74 Å². The molecular weight excluding hydrogens is 459 g/mol. The quantitative estimate of drug-likeness (QED) is 0.565. The van der Waals surface area contributed by atoms with Crippen molar-refractivity contribution in [2.45, 2.75) is 60.4 Å². The maximum Gasteiger partial charge on any atom is 0.490 e. The molecule has 2 bridgehead atoms. The van der Waals surface area contributed by atoms with Crippen molar-refractivity contribution in [2.75, 3.05) is 7.05 Å². The summed E-state index contributed by atoms with van der Waals surface area (Å²) in [6, 6.07) is 5.24. The van der Waals surface area contributed by atoms with Crippen LogP contribution in [0.5, 0.6) is 5.75 Å². The van der Waals surface area contributed by atoms with E-state index in [9.17, 15) is 18.0 Å². The molecule has 2 fully saturated rings. The first-order valence-electron chi connectivity index (χ1n) is 9.53. The lowest BCUT2D eigenvalue weighted by Crippen LogP contribution is -2.55. The van der Waals surface area contributed by atoms with E-state index in [0.717, 1.165) is 11.3 Å². The van der Waals surface area contributed by atoms with Crippen molar-refractivity contribution < 1.29 is 31.9 Å². The van der Waals surface area contributed by atoms with Crippen molar-refractivity contribution in [3.8, 4) is 5.75 Å². The summed E-state index contributed by atoms with van der Waals surface area (Å²) >= 11 is 7.88. The second-order valence-electron chi connectivity index (χ2n) is 7.53. The van der Waals surface area contributed by atoms with E-state index in [1.165, 1.54) is 18.2 Å². The minimum Gasteiger partial charge on any atom is -0.484 e. The van der Waals surface area contributed by atoms with Crippen molar-refractivity contribution in [1.29, 1.82) is 0 Å². The van der Waals surface area contributed by atoms with E-state index in [-0.39, 0.29) is 24.3 Å². The van der Waals surface area contributed by atoms with E-state index in [0.29, 0.717) is 29.5 Å². The Hall–Kier alpha value is -1.98. The molecule has 4 rings (SSSR count). The Bertz CT molecular complexity index is 946. The zero-order valence-electron chi connectivity index (χ0n) is 16.4. The van der Waals surface area contributed by atoms with Crippen LogP contribution in [0.3, 0.4) is 0 Å². The number of hydrogen-bond acceptors (Lipinski definition) is 8. The molecule has 0 spiro atoms. The number of benzene rings is 1. The molecular formula is C19H19ClF3N3O4S. The number of fused-ring (bicyclic) bond motifs is 2. The molecule has 0 aliphatic carbocycles. The van der Waals surface area contributed by atoms with Gasteiger partial charge in [0.15, 0.2) is 12.3 Å². The van der Waals surface area contributed by atoms with Gasteiger partial charge in [0.05, 0.1) is 5.02 Å². The van der Waals surface area contributed by atoms with Gasteiger partial charge in [0, 0.05) is 29.0 Å². The number of hydrogen-bond donors (Lipinski definition) is 0. The van der Waals surface area contributed by atoms with Gasteiger partial charge in [-0.2, -0.15) is 13.2 Å². The maximum absolute atomic E-state index is 12.8. The van der Waals surface area contributed by atoms with E-state index in [1.807, 2.05) is 0 Å². The average molecular weight is 478 g/mol. The number of ether oxygens (including phenoxy) is 2. The molecule has 7 nitrogen and oxygen atoms in total. The summed E-state index contributed by atoms with van der Waals surface area (Å²) in [5.41, 5.74) is -1.24. The molecule has 2 saturated heterocycles. The number of halogens is 4. The van der Waals surface area contributed by atoms with Crippen LogP contribution in [0.25, 0.3) is 0 Å². The number of alkyl halides is 3. The number of carbonyl (C=O) groups excluding carboxylic acids is 1. The summed E-state index contributed by atoms with van der Waals surface area (Å²) in [5, 5.41) is 7.71. The number of nitrogens with zero attached hydrogens (tertiary/aromatic N) is 3. The first-order valence-corrected chi connectivity index (χ1v) is 10.8. The van der Waals surface area contributed by atoms with Crippen LogP contribution in [0.15, 0.2) is 33.9 Å². The Morgan fingerprint density at radius 3 is 2.94 bits per heavy atom. The molecule has 0 saturated carbocycles. The molecule has 168 valence electrons. The Morgan fingerprint density at radius 2 is 2.26 bits per heavy atom. The Morgan fingerprint density at radius 1 is 1.45 bits per heavy atom. The van der Waals surface area contributed by atoms with E-state index in [1.54, 1.807) is 30.1 Å². The minimum absolute atomic E-state index is 0.0445. The lowest BCUT2D eigenvalue weighted by Gasteiger charge is -2.44. The standard InChI is InChI=1S/C19H19ClF3N3O4S/c1-26-11-4-5-18(26,30-17(27)19(21,22)23)8-13(6-11)31-15-3-2-12(7-14(15)20)28-9-16-25-24-10-29-16/h2-3,7,10-11,13H,4-6,8-9H2,1H3. The molecule has 0 amide bonds. The second-order valence-corrected chi connectivity index (χ2v) is 9.28. The molecule has 0 N–H and O–H groups in total. The van der Waals surface area contributed by atoms with Gasteiger partial charge < -0.3 is 13.9 Å². The average Bonchev–Trinajstić information content (AvgIpc) is 3.27. The molecule has 3 heterocycles. The molecule has 2 aliphatic rings. The predicted molar refractivity (Wildman–Crippen MR) is 105 cm³/mol. The second kappa shape index (κ2) is 8.51. The molecule has 3 unspecified atom stereocenters. The molecule has 12 heteroatoms. The fraction of sp³-hybridized carbons (Fsp3) is 0.526. The predicted octanol–water partition coefficient (Wildman–Crippen LogP) is 4.45. The molecule has 0 radical (unpaired) electrons. The van der Waals surface area contributed by atoms with Gasteiger partial charge in [-0.25, -0.2) is 4.79 Å². The number of piperidine rings is 1. The summed E-state index contributed by atoms with van der Waals surface area (Å²) in [4.78, 5) is 14.1. The highest BCUT2D eigenvalue weighted by molar-refractivity contribution is 8.00. The Balaban J connectivity index is 1.42. The Kier molecular flexibility index (Phi) is 6.10. The third-order valence-electron chi connectivity index (χ3n) is 5.62. The number of thioether (sulfide) groups is 1. The highest BCUT2D eigenvalue weighted by Crippen LogP contribution is 2.49. The van der Waals surface area contributed by atoms with Gasteiger partial charge >= 0.3 is 12.1 Å². The highest BCUT2D eigenvalue weighted by Gasteiger charge is 2.56. The van der Waals surface area contributed by atoms with Crippen LogP contribution in [0.4, 0.5) is 13.2 Å². The van der Waals surface area contributed by atoms with E-state index < -0.39 is 17.9 Å². The molecule has 31 heavy (non-hydrogen) atoms. The van der Waals surface area contributed by atoms with Crippen molar-refractivity contribution in [3.63, 3.8) is 0 Å². The Labute approximate surface area is 185 Å². The van der Waals surface area contributed by atoms with Crippen LogP contribution in [-0.4, -0.2) is 51.3 Å². The number of aromatic nitrogens is 2. The van der Waals surface area contributed by atoms with Gasteiger partial charge in [0.25, 0.3) is 5.89 Å². The van der Waals surface area contributed by atoms with Crippen LogP contribution in [0, 0.1) is 0 Å². The zero-order valence-corrected chi connectivity index (χ0v) is 18.0. The fourth-order valence-electron chi connectivity index (χ4n) is 4.09. The van der Waals surface area contributed by atoms with Crippen LogP contribution in [0.2, 0.25) is 5.02 Å². The van der Waals surface area contributed by atoms with Gasteiger partial charge in [0.2, 0.25) is 6.39 Å². The van der Waals surface area contributed by atoms with Gasteiger partial charge in [-0.15, -0.1) is 22.0 Å². The van der Waals surface area contributed by atoms with Gasteiger partial charge in [0.1, 0.15) is 5.75 Å². The number of carbonyl (C=O) groups is 1. The number of esters is 1. The lowest BCUT2D eigenvalue weighted by atomic mass is 10.00. The van der Waals surface area contributed by atoms with E-state index in [4.69, 9.17) is 25.5 Å². The SMILES string of the molecule is CN1C2CCC1(OC(=O)C(F)(F)F)CC(Sc1ccc(OCc3nnco3)cc1Cl)C2. The first-order chi connectivity index (χ1) is 14.7. The highest BCUT2D eigenvalue weighted by atomic mass is 35.5. The van der Waals surface area contributed by atoms with Crippen LogP contribution >= 0.6 is 23.4 Å². The van der Waals surface area contributed by atoms with Gasteiger partial charge in [-0.1, -0.05) is 11.6 Å². The molecule has 2 aliphatic heterocycles. The largest absolute Gasteiger partial charge is 0.490 e. The first kappa shape index (κ1) is 22.2. The monoisotopic (exact) mass is 477 g/mol. The third kappa shape index (κ3) is 4.78. The fourth-order valence-corrected chi connectivity index (χ4v) is 5.74. The summed E-state index contributed by atoms with van der Waals surface area (Å²) in [6.07, 6.45) is -1.71. The van der Waals surface area contributed by atoms with Crippen molar-refractivity contribution >= 4 is 29.3 Å². The lowest BCUT2D eigenvalue weighted by molar-refractivity contribution is -0.231. The van der Waals surface area contributed by atoms with Gasteiger partial charge in [-0.3, -0.25) is 4.90 Å². The molecule has 2 aromatic rings. The third-order valence-corrected chi connectivity index (χ3v) is 7.35. The topological polar surface area (TPSA) is 77.7 Å². The van der Waals surface area contributed by atoms with Crippen molar-refractivity contribution in [1.82, 2.24) is 15.1 Å². The van der Waals surface area contributed by atoms with Crippen molar-refractivity contribution in [2.24, 2.45) is 0 Å². The summed E-state index contributed by atoms with van der Waals surface area (Å²) < 4.78 is 54.0. The summed E-state index contributed by atoms with van der Waals surface area (Å²) in [7, 11) is 1.71. The normalized spacial score (nSPS) is 26.1. The van der Waals surface area contributed by atoms with E-state index >= 15 is 0 Å². The summed E-state index contributed by atoms with van der Waals surface area (Å²) in [5.74, 6) is -1.30. The van der Waals surface area contributed by atoms with Crippen molar-refractivity contribution in [3.05, 3.63) is 35.5 Å². The number of rotatable bonds is 6. The maximum atomic E-state index is 12.8. The molecule has 1 aromatic carbocycles. The molecule has 3 atom stereocenters. The van der Waals surface area contributed by atoms with Gasteiger partial charge in [-0.05, 0) is 38.1 Å². The smallest absolute Gasteiger partial charge is 0.484 e.